The summed E-state index contributed by atoms with van der Waals surface area (Å²) in [6.45, 7) is 8.03. The van der Waals surface area contributed by atoms with Crippen LogP contribution in [0.4, 0.5) is 0 Å². The van der Waals surface area contributed by atoms with Crippen molar-refractivity contribution in [2.24, 2.45) is 22.6 Å². The first kappa shape index (κ1) is 11.5. The Balaban J connectivity index is 2.40. The monoisotopic (exact) mass is 198 g/mol. The van der Waals surface area contributed by atoms with Gasteiger partial charge in [-0.1, -0.05) is 20.8 Å². The molecule has 82 valence electrons. The summed E-state index contributed by atoms with van der Waals surface area (Å²) in [6.07, 6.45) is 2.62. The summed E-state index contributed by atoms with van der Waals surface area (Å²) in [5.74, 6) is 1.71. The van der Waals surface area contributed by atoms with Crippen molar-refractivity contribution < 1.29 is 4.74 Å². The number of amidine groups is 1. The molecule has 2 atom stereocenters. The molecule has 3 heteroatoms. The number of hydrogen-bond donors (Lipinski definition) is 1. The van der Waals surface area contributed by atoms with Crippen LogP contribution in [0.2, 0.25) is 0 Å². The summed E-state index contributed by atoms with van der Waals surface area (Å²) in [7, 11) is 0. The molecule has 0 aliphatic carbocycles. The number of hydrogen-bond acceptors (Lipinski definition) is 2. The standard InChI is InChI=1S/C11H22N2O/c1-4-10-9(5-6-14-10)7-13-11(12)8(2)3/h8-10H,4-7H2,1-3H3,(H2,12,13). The molecule has 0 amide bonds. The van der Waals surface area contributed by atoms with Gasteiger partial charge in [0.25, 0.3) is 0 Å². The number of aliphatic imine (C=N–C) groups is 1. The van der Waals surface area contributed by atoms with E-state index in [-0.39, 0.29) is 0 Å². The van der Waals surface area contributed by atoms with Crippen LogP contribution in [-0.4, -0.2) is 25.1 Å². The predicted octanol–water partition coefficient (Wildman–Crippen LogP) is 1.81. The SMILES string of the molecule is CCC1OCCC1CN=C(N)C(C)C. The van der Waals surface area contributed by atoms with Gasteiger partial charge in [0.1, 0.15) is 0 Å². The van der Waals surface area contributed by atoms with Gasteiger partial charge in [0.15, 0.2) is 0 Å². The second-order valence-electron chi connectivity index (χ2n) is 4.29. The molecule has 0 saturated carbocycles. The fourth-order valence-corrected chi connectivity index (χ4v) is 1.76. The Morgan fingerprint density at radius 1 is 1.57 bits per heavy atom. The zero-order valence-electron chi connectivity index (χ0n) is 9.49. The first-order chi connectivity index (χ1) is 6.65. The van der Waals surface area contributed by atoms with E-state index in [0.717, 1.165) is 31.8 Å². The molecule has 2 unspecified atom stereocenters. The summed E-state index contributed by atoms with van der Waals surface area (Å²) in [6, 6.07) is 0. The van der Waals surface area contributed by atoms with Gasteiger partial charge in [-0.3, -0.25) is 4.99 Å². The van der Waals surface area contributed by atoms with E-state index >= 15 is 0 Å². The van der Waals surface area contributed by atoms with Crippen LogP contribution in [0.25, 0.3) is 0 Å². The topological polar surface area (TPSA) is 47.6 Å². The molecule has 0 aromatic carbocycles. The molecular formula is C11H22N2O. The van der Waals surface area contributed by atoms with Crippen LogP contribution in [0.15, 0.2) is 4.99 Å². The van der Waals surface area contributed by atoms with E-state index in [2.05, 4.69) is 25.8 Å². The molecule has 1 fully saturated rings. The average molecular weight is 198 g/mol. The van der Waals surface area contributed by atoms with Crippen LogP contribution >= 0.6 is 0 Å². The van der Waals surface area contributed by atoms with Crippen LogP contribution in [0.3, 0.4) is 0 Å². The Morgan fingerprint density at radius 2 is 2.29 bits per heavy atom. The molecule has 1 saturated heterocycles. The molecule has 1 rings (SSSR count). The summed E-state index contributed by atoms with van der Waals surface area (Å²) >= 11 is 0. The van der Waals surface area contributed by atoms with Crippen molar-refractivity contribution in [2.75, 3.05) is 13.2 Å². The Morgan fingerprint density at radius 3 is 2.86 bits per heavy atom. The van der Waals surface area contributed by atoms with E-state index < -0.39 is 0 Å². The van der Waals surface area contributed by atoms with Crippen LogP contribution in [-0.2, 0) is 4.74 Å². The molecule has 0 radical (unpaired) electrons. The third kappa shape index (κ3) is 2.98. The van der Waals surface area contributed by atoms with E-state index in [1.807, 2.05) is 0 Å². The fraction of sp³-hybridized carbons (Fsp3) is 0.909. The summed E-state index contributed by atoms with van der Waals surface area (Å²) in [5, 5.41) is 0. The lowest BCUT2D eigenvalue weighted by molar-refractivity contribution is 0.0893. The van der Waals surface area contributed by atoms with Crippen molar-refractivity contribution in [1.82, 2.24) is 0 Å². The van der Waals surface area contributed by atoms with Crippen molar-refractivity contribution in [3.63, 3.8) is 0 Å². The molecular weight excluding hydrogens is 176 g/mol. The van der Waals surface area contributed by atoms with E-state index in [1.54, 1.807) is 0 Å². The number of nitrogens with two attached hydrogens (primary N) is 1. The van der Waals surface area contributed by atoms with Gasteiger partial charge in [0, 0.05) is 25.0 Å². The van der Waals surface area contributed by atoms with Gasteiger partial charge in [0.2, 0.25) is 0 Å². The molecule has 0 aromatic rings. The largest absolute Gasteiger partial charge is 0.387 e. The Hall–Kier alpha value is -0.570. The molecule has 1 aliphatic heterocycles. The maximum atomic E-state index is 5.79. The fourth-order valence-electron chi connectivity index (χ4n) is 1.76. The average Bonchev–Trinajstić information content (AvgIpc) is 2.60. The molecule has 3 nitrogen and oxygen atoms in total. The Labute approximate surface area is 86.7 Å². The van der Waals surface area contributed by atoms with Crippen LogP contribution in [0, 0.1) is 11.8 Å². The molecule has 14 heavy (non-hydrogen) atoms. The highest BCUT2D eigenvalue weighted by molar-refractivity contribution is 5.82. The number of nitrogens with zero attached hydrogens (tertiary/aromatic N) is 1. The van der Waals surface area contributed by atoms with Crippen molar-refractivity contribution in [1.29, 1.82) is 0 Å². The van der Waals surface area contributed by atoms with Crippen molar-refractivity contribution in [3.8, 4) is 0 Å². The third-order valence-electron chi connectivity index (χ3n) is 2.85. The maximum absolute atomic E-state index is 5.79. The Kier molecular flexibility index (Phi) is 4.39. The molecule has 0 bridgehead atoms. The highest BCUT2D eigenvalue weighted by atomic mass is 16.5. The maximum Gasteiger partial charge on any atom is 0.0962 e. The van der Waals surface area contributed by atoms with E-state index in [4.69, 9.17) is 10.5 Å². The van der Waals surface area contributed by atoms with Gasteiger partial charge < -0.3 is 10.5 Å². The third-order valence-corrected chi connectivity index (χ3v) is 2.85. The zero-order valence-corrected chi connectivity index (χ0v) is 9.49. The first-order valence-corrected chi connectivity index (χ1v) is 5.56. The summed E-state index contributed by atoms with van der Waals surface area (Å²) in [4.78, 5) is 4.42. The van der Waals surface area contributed by atoms with Crippen LogP contribution in [0.5, 0.6) is 0 Å². The van der Waals surface area contributed by atoms with E-state index in [9.17, 15) is 0 Å². The lowest BCUT2D eigenvalue weighted by Crippen LogP contribution is -2.23. The minimum atomic E-state index is 0.359. The quantitative estimate of drug-likeness (QED) is 0.553. The predicted molar refractivity (Wildman–Crippen MR) is 59.5 cm³/mol. The minimum absolute atomic E-state index is 0.359. The van der Waals surface area contributed by atoms with Crippen molar-refractivity contribution >= 4 is 5.84 Å². The smallest absolute Gasteiger partial charge is 0.0962 e. The number of ether oxygens (including phenoxy) is 1. The zero-order chi connectivity index (χ0) is 10.6. The van der Waals surface area contributed by atoms with Crippen molar-refractivity contribution in [3.05, 3.63) is 0 Å². The van der Waals surface area contributed by atoms with E-state index in [1.165, 1.54) is 0 Å². The van der Waals surface area contributed by atoms with Gasteiger partial charge in [-0.15, -0.1) is 0 Å². The van der Waals surface area contributed by atoms with Crippen LogP contribution in [0.1, 0.15) is 33.6 Å². The molecule has 0 aromatic heterocycles. The highest BCUT2D eigenvalue weighted by Gasteiger charge is 2.26. The molecule has 2 N–H and O–H groups in total. The summed E-state index contributed by atoms with van der Waals surface area (Å²) in [5.41, 5.74) is 5.79. The molecule has 1 heterocycles. The second kappa shape index (κ2) is 5.35. The van der Waals surface area contributed by atoms with Crippen molar-refractivity contribution in [2.45, 2.75) is 39.7 Å². The van der Waals surface area contributed by atoms with Gasteiger partial charge in [-0.05, 0) is 12.8 Å². The molecule has 1 aliphatic rings. The second-order valence-corrected chi connectivity index (χ2v) is 4.29. The lowest BCUT2D eigenvalue weighted by Gasteiger charge is -2.15. The molecule has 0 spiro atoms. The summed E-state index contributed by atoms with van der Waals surface area (Å²) < 4.78 is 5.60. The Bertz CT molecular complexity index is 201. The van der Waals surface area contributed by atoms with Gasteiger partial charge in [0.05, 0.1) is 11.9 Å². The highest BCUT2D eigenvalue weighted by Crippen LogP contribution is 2.23. The number of rotatable bonds is 4. The van der Waals surface area contributed by atoms with Crippen LogP contribution < -0.4 is 5.73 Å². The van der Waals surface area contributed by atoms with Gasteiger partial charge >= 0.3 is 0 Å². The van der Waals surface area contributed by atoms with E-state index in [0.29, 0.717) is 17.9 Å². The minimum Gasteiger partial charge on any atom is -0.387 e. The normalized spacial score (nSPS) is 28.7. The lowest BCUT2D eigenvalue weighted by atomic mass is 10.00. The van der Waals surface area contributed by atoms with Gasteiger partial charge in [-0.25, -0.2) is 0 Å². The van der Waals surface area contributed by atoms with Gasteiger partial charge in [-0.2, -0.15) is 0 Å². The first-order valence-electron chi connectivity index (χ1n) is 5.56.